The van der Waals surface area contributed by atoms with Gasteiger partial charge in [-0.15, -0.1) is 23.5 Å². The Kier molecular flexibility index (Phi) is 2.78. The number of benzene rings is 1. The van der Waals surface area contributed by atoms with Crippen molar-refractivity contribution in [2.75, 3.05) is 0 Å². The van der Waals surface area contributed by atoms with E-state index in [9.17, 15) is 0 Å². The van der Waals surface area contributed by atoms with Crippen molar-refractivity contribution in [1.82, 2.24) is 0 Å². The fourth-order valence-corrected chi connectivity index (χ4v) is 9.30. The lowest BCUT2D eigenvalue weighted by Crippen LogP contribution is -2.53. The first-order chi connectivity index (χ1) is 9.83. The van der Waals surface area contributed by atoms with Crippen LogP contribution in [0.2, 0.25) is 0 Å². The van der Waals surface area contributed by atoms with Gasteiger partial charge in [-0.25, -0.2) is 0 Å². The van der Waals surface area contributed by atoms with Crippen molar-refractivity contribution in [1.29, 1.82) is 0 Å². The van der Waals surface area contributed by atoms with Gasteiger partial charge in [0.15, 0.2) is 0 Å². The van der Waals surface area contributed by atoms with Gasteiger partial charge in [0.1, 0.15) is 0 Å². The second-order valence-electron chi connectivity index (χ2n) is 7.37. The van der Waals surface area contributed by atoms with Crippen LogP contribution in [0.1, 0.15) is 43.2 Å². The Morgan fingerprint density at radius 1 is 0.750 bits per heavy atom. The van der Waals surface area contributed by atoms with E-state index in [1.807, 2.05) is 0 Å². The van der Waals surface area contributed by atoms with E-state index in [1.54, 1.807) is 43.2 Å². The maximum atomic E-state index is 2.36. The molecule has 20 heavy (non-hydrogen) atoms. The minimum Gasteiger partial charge on any atom is -0.139 e. The Balaban J connectivity index is 1.50. The van der Waals surface area contributed by atoms with E-state index < -0.39 is 0 Å². The zero-order valence-corrected chi connectivity index (χ0v) is 13.5. The summed E-state index contributed by atoms with van der Waals surface area (Å²) in [4.78, 5) is 0. The third kappa shape index (κ3) is 1.70. The third-order valence-corrected chi connectivity index (χ3v) is 10.2. The lowest BCUT2D eigenvalue weighted by Gasteiger charge is -2.60. The van der Waals surface area contributed by atoms with Gasteiger partial charge < -0.3 is 0 Å². The summed E-state index contributed by atoms with van der Waals surface area (Å²) in [7, 11) is 0. The van der Waals surface area contributed by atoms with E-state index >= 15 is 0 Å². The van der Waals surface area contributed by atoms with E-state index in [0.717, 1.165) is 23.7 Å². The Bertz CT molecular complexity index is 479. The molecule has 1 heterocycles. The minimum atomic E-state index is 0.576. The molecule has 0 amide bonds. The monoisotopic (exact) mass is 302 g/mol. The van der Waals surface area contributed by atoms with Gasteiger partial charge >= 0.3 is 0 Å². The molecule has 0 nitrogen and oxygen atoms in total. The van der Waals surface area contributed by atoms with Crippen molar-refractivity contribution in [3.05, 3.63) is 35.4 Å². The Morgan fingerprint density at radius 3 is 1.75 bits per heavy atom. The van der Waals surface area contributed by atoms with E-state index in [2.05, 4.69) is 47.8 Å². The SMILES string of the molecule is c1ccc2c(c1)CSC1(SC2)C2CC3CC(C2)CC1C3. The lowest BCUT2D eigenvalue weighted by atomic mass is 9.56. The molecule has 1 aliphatic heterocycles. The normalized spacial score (nSPS) is 40.6. The summed E-state index contributed by atoms with van der Waals surface area (Å²) in [5, 5.41) is 0. The van der Waals surface area contributed by atoms with Crippen LogP contribution in [0.5, 0.6) is 0 Å². The van der Waals surface area contributed by atoms with E-state index in [0.29, 0.717) is 4.08 Å². The van der Waals surface area contributed by atoms with Gasteiger partial charge in [-0.3, -0.25) is 0 Å². The molecular weight excluding hydrogens is 280 g/mol. The quantitative estimate of drug-likeness (QED) is 0.636. The molecule has 4 bridgehead atoms. The topological polar surface area (TPSA) is 0 Å². The van der Waals surface area contributed by atoms with Crippen molar-refractivity contribution in [3.63, 3.8) is 0 Å². The number of rotatable bonds is 0. The molecule has 1 spiro atoms. The molecule has 0 saturated heterocycles. The zero-order valence-electron chi connectivity index (χ0n) is 11.9. The maximum absolute atomic E-state index is 2.36. The molecule has 2 heteroatoms. The highest BCUT2D eigenvalue weighted by molar-refractivity contribution is 8.17. The molecule has 0 atom stereocenters. The summed E-state index contributed by atoms with van der Waals surface area (Å²) in [6, 6.07) is 9.16. The Morgan fingerprint density at radius 2 is 1.25 bits per heavy atom. The predicted octanol–water partition coefficient (Wildman–Crippen LogP) is 5.32. The van der Waals surface area contributed by atoms with Crippen LogP contribution in [-0.4, -0.2) is 4.08 Å². The highest BCUT2D eigenvalue weighted by Gasteiger charge is 2.58. The molecule has 0 N–H and O–H groups in total. The minimum absolute atomic E-state index is 0.576. The molecule has 4 saturated carbocycles. The molecule has 1 aromatic rings. The molecule has 0 unspecified atom stereocenters. The highest BCUT2D eigenvalue weighted by atomic mass is 32.2. The predicted molar refractivity (Wildman–Crippen MR) is 88.8 cm³/mol. The summed E-state index contributed by atoms with van der Waals surface area (Å²) < 4.78 is 0.576. The van der Waals surface area contributed by atoms with Crippen LogP contribution in [0.25, 0.3) is 0 Å². The van der Waals surface area contributed by atoms with Gasteiger partial charge in [-0.2, -0.15) is 0 Å². The van der Waals surface area contributed by atoms with Crippen LogP contribution in [0, 0.1) is 23.7 Å². The van der Waals surface area contributed by atoms with Crippen molar-refractivity contribution >= 4 is 23.5 Å². The van der Waals surface area contributed by atoms with Crippen molar-refractivity contribution in [2.24, 2.45) is 23.7 Å². The first-order valence-corrected chi connectivity index (χ1v) is 10.2. The first kappa shape index (κ1) is 12.5. The van der Waals surface area contributed by atoms with Gasteiger partial charge in [0, 0.05) is 11.5 Å². The van der Waals surface area contributed by atoms with Crippen molar-refractivity contribution in [3.8, 4) is 0 Å². The Hall–Kier alpha value is -0.0800. The lowest BCUT2D eigenvalue weighted by molar-refractivity contribution is 0.0154. The number of hydrogen-bond acceptors (Lipinski definition) is 2. The van der Waals surface area contributed by atoms with Crippen molar-refractivity contribution < 1.29 is 0 Å². The maximum Gasteiger partial charge on any atom is 0.0674 e. The fraction of sp³-hybridized carbons (Fsp3) is 0.667. The molecule has 5 aliphatic rings. The second-order valence-corrected chi connectivity index (χ2v) is 10.1. The summed E-state index contributed by atoms with van der Waals surface area (Å²) in [5.41, 5.74) is 3.21. The number of hydrogen-bond donors (Lipinski definition) is 0. The van der Waals surface area contributed by atoms with E-state index in [1.165, 1.54) is 11.5 Å². The standard InChI is InChI=1S/C18H22S2/c1-2-4-15-11-20-18(19-10-14(15)3-1)16-6-12-5-13(8-16)9-17(18)7-12/h1-4,12-13,16-17H,5-11H2. The zero-order chi connectivity index (χ0) is 13.2. The van der Waals surface area contributed by atoms with Crippen LogP contribution in [-0.2, 0) is 11.5 Å². The number of fused-ring (bicyclic) bond motifs is 1. The molecule has 4 aliphatic carbocycles. The van der Waals surface area contributed by atoms with E-state index in [4.69, 9.17) is 0 Å². The van der Waals surface area contributed by atoms with Gasteiger partial charge in [-0.05, 0) is 66.9 Å². The molecular formula is C18H22S2. The molecule has 1 aromatic carbocycles. The van der Waals surface area contributed by atoms with Crippen LogP contribution in [0.15, 0.2) is 24.3 Å². The average Bonchev–Trinajstić information content (AvgIpc) is 2.65. The Labute approximate surface area is 130 Å². The smallest absolute Gasteiger partial charge is 0.0674 e. The van der Waals surface area contributed by atoms with Gasteiger partial charge in [-0.1, -0.05) is 24.3 Å². The average molecular weight is 303 g/mol. The third-order valence-electron chi connectivity index (χ3n) is 6.30. The molecule has 0 aromatic heterocycles. The molecule has 106 valence electrons. The van der Waals surface area contributed by atoms with Gasteiger partial charge in [0.05, 0.1) is 4.08 Å². The van der Waals surface area contributed by atoms with Gasteiger partial charge in [0.25, 0.3) is 0 Å². The fourth-order valence-electron chi connectivity index (χ4n) is 5.57. The number of thioether (sulfide) groups is 2. The summed E-state index contributed by atoms with van der Waals surface area (Å²) in [6.07, 6.45) is 7.75. The summed E-state index contributed by atoms with van der Waals surface area (Å²) in [6.45, 7) is 0. The summed E-state index contributed by atoms with van der Waals surface area (Å²) in [5.74, 6) is 6.73. The van der Waals surface area contributed by atoms with Crippen molar-refractivity contribution in [2.45, 2.75) is 47.7 Å². The van der Waals surface area contributed by atoms with E-state index in [-0.39, 0.29) is 0 Å². The van der Waals surface area contributed by atoms with Crippen LogP contribution < -0.4 is 0 Å². The molecule has 6 rings (SSSR count). The largest absolute Gasteiger partial charge is 0.139 e. The van der Waals surface area contributed by atoms with Crippen LogP contribution in [0.4, 0.5) is 0 Å². The molecule has 4 fully saturated rings. The highest BCUT2D eigenvalue weighted by Crippen LogP contribution is 2.68. The first-order valence-electron chi connectivity index (χ1n) is 8.18. The van der Waals surface area contributed by atoms with Crippen LogP contribution in [0.3, 0.4) is 0 Å². The summed E-state index contributed by atoms with van der Waals surface area (Å²) >= 11 is 4.66. The van der Waals surface area contributed by atoms with Gasteiger partial charge in [0.2, 0.25) is 0 Å². The molecule has 0 radical (unpaired) electrons. The second kappa shape index (κ2) is 4.46. The van der Waals surface area contributed by atoms with Crippen LogP contribution >= 0.6 is 23.5 Å².